The molecule has 0 saturated carbocycles. The smallest absolute Gasteiger partial charge is 0.283 e. The van der Waals surface area contributed by atoms with Crippen LogP contribution < -0.4 is 10.5 Å². The minimum Gasteiger partial charge on any atom is -0.493 e. The van der Waals surface area contributed by atoms with E-state index in [0.29, 0.717) is 11.4 Å². The molecule has 0 radical (unpaired) electrons. The summed E-state index contributed by atoms with van der Waals surface area (Å²) in [6.07, 6.45) is 5.94. The van der Waals surface area contributed by atoms with E-state index in [1.807, 2.05) is 60.7 Å². The maximum atomic E-state index is 13.6. The van der Waals surface area contributed by atoms with Crippen molar-refractivity contribution >= 4 is 29.2 Å². The summed E-state index contributed by atoms with van der Waals surface area (Å²) in [5.74, 6) is -0.108. The highest BCUT2D eigenvalue weighted by molar-refractivity contribution is 6.21. The van der Waals surface area contributed by atoms with E-state index in [1.54, 1.807) is 17.0 Å². The monoisotopic (exact) mass is 448 g/mol. The molecule has 2 aliphatic heterocycles. The number of benzene rings is 3. The third-order valence-electron chi connectivity index (χ3n) is 6.47. The first-order valence-electron chi connectivity index (χ1n) is 11.5. The lowest BCUT2D eigenvalue weighted by atomic mass is 10.0. The highest BCUT2D eigenvalue weighted by Gasteiger charge is 2.23. The Morgan fingerprint density at radius 3 is 2.12 bits per heavy atom. The van der Waals surface area contributed by atoms with Crippen LogP contribution in [-0.4, -0.2) is 33.8 Å². The Morgan fingerprint density at radius 2 is 1.44 bits per heavy atom. The fourth-order valence-corrected chi connectivity index (χ4v) is 4.77. The van der Waals surface area contributed by atoms with Gasteiger partial charge in [0.05, 0.1) is 17.1 Å². The Morgan fingerprint density at radius 1 is 0.794 bits per heavy atom. The molecule has 1 fully saturated rings. The second-order valence-corrected chi connectivity index (χ2v) is 8.59. The summed E-state index contributed by atoms with van der Waals surface area (Å²) >= 11 is 0. The fourth-order valence-electron chi connectivity index (χ4n) is 4.77. The molecular weight excluding hydrogens is 424 g/mol. The predicted octanol–water partition coefficient (Wildman–Crippen LogP) is 5.19. The van der Waals surface area contributed by atoms with Gasteiger partial charge in [0.25, 0.3) is 5.56 Å². The van der Waals surface area contributed by atoms with Crippen molar-refractivity contribution < 1.29 is 5.11 Å². The van der Waals surface area contributed by atoms with E-state index in [1.165, 1.54) is 23.2 Å². The van der Waals surface area contributed by atoms with Crippen LogP contribution in [0.4, 0.5) is 11.4 Å². The predicted molar refractivity (Wildman–Crippen MR) is 137 cm³/mol. The summed E-state index contributed by atoms with van der Waals surface area (Å²) in [5, 5.41) is 11.2. The number of aromatic nitrogens is 2. The highest BCUT2D eigenvalue weighted by Crippen LogP contribution is 2.37. The molecule has 3 heterocycles. The molecule has 1 N–H and O–H groups in total. The molecule has 4 aromatic rings. The summed E-state index contributed by atoms with van der Waals surface area (Å²) in [7, 11) is 0. The number of aromatic hydroxyl groups is 1. The number of anilines is 1. The zero-order valence-electron chi connectivity index (χ0n) is 18.6. The van der Waals surface area contributed by atoms with Crippen molar-refractivity contribution in [2.75, 3.05) is 18.0 Å². The van der Waals surface area contributed by atoms with Crippen molar-refractivity contribution in [2.24, 2.45) is 4.99 Å². The Kier molecular flexibility index (Phi) is 4.91. The Bertz CT molecular complexity index is 1470. The van der Waals surface area contributed by atoms with Crippen LogP contribution in [0.1, 0.15) is 24.0 Å². The largest absolute Gasteiger partial charge is 0.493 e. The van der Waals surface area contributed by atoms with E-state index in [0.717, 1.165) is 29.9 Å². The molecule has 0 spiro atoms. The molecular formula is C28H24N4O2. The van der Waals surface area contributed by atoms with Gasteiger partial charge in [-0.2, -0.15) is 0 Å². The zero-order chi connectivity index (χ0) is 23.1. The van der Waals surface area contributed by atoms with Crippen molar-refractivity contribution in [3.63, 3.8) is 0 Å². The van der Waals surface area contributed by atoms with Crippen molar-refractivity contribution in [3.8, 4) is 17.3 Å². The van der Waals surface area contributed by atoms with Gasteiger partial charge in [0.15, 0.2) is 0 Å². The minimum absolute atomic E-state index is 0.108. The van der Waals surface area contributed by atoms with Gasteiger partial charge in [-0.1, -0.05) is 42.5 Å². The lowest BCUT2D eigenvalue weighted by molar-refractivity contribution is 0.424. The number of hydrogen-bond acceptors (Lipinski definition) is 4. The third-order valence-corrected chi connectivity index (χ3v) is 6.47. The highest BCUT2D eigenvalue weighted by atomic mass is 16.3. The molecule has 1 aromatic heterocycles. The maximum Gasteiger partial charge on any atom is 0.283 e. The maximum absolute atomic E-state index is 13.6. The molecule has 0 amide bonds. The quantitative estimate of drug-likeness (QED) is 0.467. The Labute approximate surface area is 197 Å². The number of para-hydroxylation sites is 2. The molecule has 168 valence electrons. The first-order chi connectivity index (χ1) is 16.7. The van der Waals surface area contributed by atoms with E-state index < -0.39 is 0 Å². The van der Waals surface area contributed by atoms with Crippen molar-refractivity contribution in [3.05, 3.63) is 100 Å². The van der Waals surface area contributed by atoms with Gasteiger partial charge >= 0.3 is 0 Å². The summed E-state index contributed by atoms with van der Waals surface area (Å²) in [4.78, 5) is 20.6. The summed E-state index contributed by atoms with van der Waals surface area (Å²) in [5.41, 5.74) is 5.14. The first kappa shape index (κ1) is 20.3. The summed E-state index contributed by atoms with van der Waals surface area (Å²) in [6.45, 7) is 2.15. The number of rotatable bonds is 4. The van der Waals surface area contributed by atoms with Gasteiger partial charge in [0.1, 0.15) is 5.56 Å². The average Bonchev–Trinajstić information content (AvgIpc) is 3.61. The first-order valence-corrected chi connectivity index (χ1v) is 11.5. The fraction of sp³-hybridized carbons (Fsp3) is 0.143. The minimum atomic E-state index is -0.296. The number of hydrogen-bond donors (Lipinski definition) is 1. The van der Waals surface area contributed by atoms with E-state index in [-0.39, 0.29) is 17.0 Å². The topological polar surface area (TPSA) is 62.8 Å². The van der Waals surface area contributed by atoms with Crippen LogP contribution in [0.5, 0.6) is 5.88 Å². The van der Waals surface area contributed by atoms with Crippen LogP contribution in [-0.2, 0) is 0 Å². The Hall–Kier alpha value is -4.32. The number of fused-ring (bicyclic) bond motifs is 1. The van der Waals surface area contributed by atoms with Gasteiger partial charge < -0.3 is 10.0 Å². The zero-order valence-corrected chi connectivity index (χ0v) is 18.6. The molecule has 0 atom stereocenters. The van der Waals surface area contributed by atoms with Crippen LogP contribution >= 0.6 is 0 Å². The average molecular weight is 449 g/mol. The van der Waals surface area contributed by atoms with Gasteiger partial charge in [0.2, 0.25) is 5.88 Å². The van der Waals surface area contributed by atoms with Crippen LogP contribution in [0.3, 0.4) is 0 Å². The van der Waals surface area contributed by atoms with Crippen LogP contribution in [0.15, 0.2) is 88.6 Å². The molecule has 1 saturated heterocycles. The molecule has 2 aliphatic rings. The molecule has 6 heteroatoms. The molecule has 34 heavy (non-hydrogen) atoms. The number of allylic oxidation sites excluding steroid dienone is 1. The molecule has 3 aromatic carbocycles. The molecule has 6 rings (SSSR count). The van der Waals surface area contributed by atoms with Crippen molar-refractivity contribution in [1.29, 1.82) is 0 Å². The van der Waals surface area contributed by atoms with Crippen LogP contribution in [0.25, 0.3) is 23.0 Å². The number of aliphatic imine (C=N–C) groups is 1. The lowest BCUT2D eigenvalue weighted by Gasteiger charge is -2.18. The standard InChI is InChI=1S/C28H24N4O2/c33-27-25(17-20-19-29-26-18-23(13-14-24(20)26)30-15-7-8-16-30)28(34)32(22-11-5-2-6-12-22)31(27)21-9-3-1-4-10-21/h1-6,9-14,17-19,33H,7-8,15-16H2. The summed E-state index contributed by atoms with van der Waals surface area (Å²) in [6, 6.07) is 25.0. The van der Waals surface area contributed by atoms with Gasteiger partial charge in [-0.3, -0.25) is 9.79 Å². The van der Waals surface area contributed by atoms with Gasteiger partial charge in [-0.25, -0.2) is 9.36 Å². The third kappa shape index (κ3) is 3.35. The normalized spacial score (nSPS) is 15.9. The molecule has 0 aliphatic carbocycles. The van der Waals surface area contributed by atoms with E-state index in [4.69, 9.17) is 0 Å². The second kappa shape index (κ2) is 8.23. The molecule has 0 unspecified atom stereocenters. The SMILES string of the molecule is O=c1c(C=C2C=Nc3cc(N4CCCC4)ccc32)c(O)n(-c2ccccc2)n1-c1ccccc1. The van der Waals surface area contributed by atoms with Crippen molar-refractivity contribution in [2.45, 2.75) is 12.8 Å². The molecule has 6 nitrogen and oxygen atoms in total. The van der Waals surface area contributed by atoms with Crippen LogP contribution in [0.2, 0.25) is 0 Å². The van der Waals surface area contributed by atoms with E-state index >= 15 is 0 Å². The number of nitrogens with zero attached hydrogens (tertiary/aromatic N) is 4. The summed E-state index contributed by atoms with van der Waals surface area (Å²) < 4.78 is 3.05. The second-order valence-electron chi connectivity index (χ2n) is 8.59. The molecule has 0 bridgehead atoms. The Balaban J connectivity index is 1.48. The van der Waals surface area contributed by atoms with E-state index in [2.05, 4.69) is 28.1 Å². The van der Waals surface area contributed by atoms with E-state index in [9.17, 15) is 9.90 Å². The van der Waals surface area contributed by atoms with Gasteiger partial charge in [-0.05, 0) is 55.3 Å². The van der Waals surface area contributed by atoms with Gasteiger partial charge in [0, 0.05) is 36.1 Å². The lowest BCUT2D eigenvalue weighted by Crippen LogP contribution is -2.21. The van der Waals surface area contributed by atoms with Gasteiger partial charge in [-0.15, -0.1) is 0 Å². The van der Waals surface area contributed by atoms with Crippen LogP contribution in [0, 0.1) is 0 Å². The van der Waals surface area contributed by atoms with Crippen molar-refractivity contribution in [1.82, 2.24) is 9.36 Å².